The van der Waals surface area contributed by atoms with Crippen molar-refractivity contribution in [3.05, 3.63) is 5.89 Å². The fraction of sp³-hybridized carbons (Fsp3) is 0.833. The van der Waals surface area contributed by atoms with Crippen LogP contribution in [0, 0.1) is 5.92 Å². The molecule has 1 aliphatic carbocycles. The van der Waals surface area contributed by atoms with Crippen molar-refractivity contribution in [2.45, 2.75) is 51.6 Å². The Bertz CT molecular complexity index is 352. The van der Waals surface area contributed by atoms with Crippen molar-refractivity contribution < 1.29 is 4.42 Å². The third kappa shape index (κ3) is 2.97. The van der Waals surface area contributed by atoms with Crippen LogP contribution in [0.5, 0.6) is 0 Å². The van der Waals surface area contributed by atoms with Gasteiger partial charge in [-0.25, -0.2) is 0 Å². The third-order valence-electron chi connectivity index (χ3n) is 3.66. The SMILES string of the molecule is CNC(C)c1nnc(NC2CCCCC2C)o1. The van der Waals surface area contributed by atoms with Gasteiger partial charge in [-0.05, 0) is 32.7 Å². The third-order valence-corrected chi connectivity index (χ3v) is 3.66. The molecular formula is C12H22N4O. The van der Waals surface area contributed by atoms with E-state index in [1.807, 2.05) is 14.0 Å². The summed E-state index contributed by atoms with van der Waals surface area (Å²) in [7, 11) is 1.88. The lowest BCUT2D eigenvalue weighted by Crippen LogP contribution is -2.30. The highest BCUT2D eigenvalue weighted by atomic mass is 16.4. The Morgan fingerprint density at radius 1 is 1.29 bits per heavy atom. The van der Waals surface area contributed by atoms with E-state index in [0.717, 1.165) is 0 Å². The van der Waals surface area contributed by atoms with Gasteiger partial charge in [-0.3, -0.25) is 0 Å². The summed E-state index contributed by atoms with van der Waals surface area (Å²) < 4.78 is 5.59. The van der Waals surface area contributed by atoms with Crippen LogP contribution in [-0.2, 0) is 0 Å². The van der Waals surface area contributed by atoms with E-state index >= 15 is 0 Å². The lowest BCUT2D eigenvalue weighted by molar-refractivity contribution is 0.340. The molecule has 0 radical (unpaired) electrons. The molecule has 0 aliphatic heterocycles. The predicted octanol–water partition coefficient (Wildman–Crippen LogP) is 2.34. The molecule has 5 nitrogen and oxygen atoms in total. The van der Waals surface area contributed by atoms with Crippen molar-refractivity contribution >= 4 is 6.01 Å². The van der Waals surface area contributed by atoms with Gasteiger partial charge in [0.15, 0.2) is 0 Å². The summed E-state index contributed by atoms with van der Waals surface area (Å²) in [4.78, 5) is 0. The molecule has 1 saturated carbocycles. The summed E-state index contributed by atoms with van der Waals surface area (Å²) in [6, 6.07) is 1.13. The van der Waals surface area contributed by atoms with Crippen LogP contribution >= 0.6 is 0 Å². The lowest BCUT2D eigenvalue weighted by atomic mass is 9.86. The number of hydrogen-bond acceptors (Lipinski definition) is 5. The van der Waals surface area contributed by atoms with Crippen molar-refractivity contribution in [2.24, 2.45) is 5.92 Å². The van der Waals surface area contributed by atoms with Gasteiger partial charge in [-0.1, -0.05) is 24.9 Å². The van der Waals surface area contributed by atoms with Crippen LogP contribution in [0.25, 0.3) is 0 Å². The van der Waals surface area contributed by atoms with Crippen molar-refractivity contribution in [3.63, 3.8) is 0 Å². The minimum atomic E-state index is 0.0989. The summed E-state index contributed by atoms with van der Waals surface area (Å²) in [5, 5.41) is 14.5. The molecule has 2 rings (SSSR count). The molecule has 17 heavy (non-hydrogen) atoms. The van der Waals surface area contributed by atoms with Crippen LogP contribution < -0.4 is 10.6 Å². The van der Waals surface area contributed by atoms with Gasteiger partial charge in [-0.2, -0.15) is 0 Å². The first-order chi connectivity index (χ1) is 8.20. The molecule has 3 unspecified atom stereocenters. The molecular weight excluding hydrogens is 216 g/mol. The summed E-state index contributed by atoms with van der Waals surface area (Å²) in [5.41, 5.74) is 0. The molecule has 0 aromatic carbocycles. The Hall–Kier alpha value is -1.10. The average Bonchev–Trinajstić information content (AvgIpc) is 2.80. The first-order valence-electron chi connectivity index (χ1n) is 6.48. The zero-order chi connectivity index (χ0) is 12.3. The summed E-state index contributed by atoms with van der Waals surface area (Å²) >= 11 is 0. The number of anilines is 1. The zero-order valence-corrected chi connectivity index (χ0v) is 10.9. The largest absolute Gasteiger partial charge is 0.406 e. The Balaban J connectivity index is 1.96. The molecule has 3 atom stereocenters. The molecule has 0 spiro atoms. The molecule has 2 N–H and O–H groups in total. The van der Waals surface area contributed by atoms with Gasteiger partial charge < -0.3 is 15.1 Å². The van der Waals surface area contributed by atoms with E-state index in [-0.39, 0.29) is 6.04 Å². The number of rotatable bonds is 4. The van der Waals surface area contributed by atoms with Crippen LogP contribution in [0.1, 0.15) is 51.5 Å². The van der Waals surface area contributed by atoms with Gasteiger partial charge in [0.25, 0.3) is 0 Å². The van der Waals surface area contributed by atoms with Gasteiger partial charge in [0, 0.05) is 6.04 Å². The van der Waals surface area contributed by atoms with Crippen LogP contribution in [-0.4, -0.2) is 23.3 Å². The molecule has 0 amide bonds. The Morgan fingerprint density at radius 2 is 2.06 bits per heavy atom. The monoisotopic (exact) mass is 238 g/mol. The molecule has 1 aromatic rings. The fourth-order valence-electron chi connectivity index (χ4n) is 2.28. The number of aromatic nitrogens is 2. The van der Waals surface area contributed by atoms with E-state index < -0.39 is 0 Å². The first kappa shape index (κ1) is 12.4. The molecule has 0 saturated heterocycles. The molecule has 1 aliphatic rings. The van der Waals surface area contributed by atoms with Crippen LogP contribution in [0.2, 0.25) is 0 Å². The number of nitrogens with one attached hydrogen (secondary N) is 2. The Kier molecular flexibility index (Phi) is 3.99. The topological polar surface area (TPSA) is 63.0 Å². The van der Waals surface area contributed by atoms with E-state index in [4.69, 9.17) is 4.42 Å². The van der Waals surface area contributed by atoms with Gasteiger partial charge >= 0.3 is 6.01 Å². The second-order valence-electron chi connectivity index (χ2n) is 4.97. The smallest absolute Gasteiger partial charge is 0.315 e. The van der Waals surface area contributed by atoms with E-state index in [9.17, 15) is 0 Å². The van der Waals surface area contributed by atoms with Gasteiger partial charge in [0.2, 0.25) is 5.89 Å². The number of hydrogen-bond donors (Lipinski definition) is 2. The maximum atomic E-state index is 5.59. The maximum absolute atomic E-state index is 5.59. The first-order valence-corrected chi connectivity index (χ1v) is 6.48. The molecule has 5 heteroatoms. The minimum absolute atomic E-state index is 0.0989. The summed E-state index contributed by atoms with van der Waals surface area (Å²) in [6.07, 6.45) is 5.10. The van der Waals surface area contributed by atoms with E-state index in [1.165, 1.54) is 25.7 Å². The Labute approximate surface area is 102 Å². The summed E-state index contributed by atoms with van der Waals surface area (Å²) in [6.45, 7) is 4.28. The predicted molar refractivity (Wildman–Crippen MR) is 66.8 cm³/mol. The number of nitrogens with zero attached hydrogens (tertiary/aromatic N) is 2. The fourth-order valence-corrected chi connectivity index (χ4v) is 2.28. The van der Waals surface area contributed by atoms with E-state index in [0.29, 0.717) is 23.9 Å². The zero-order valence-electron chi connectivity index (χ0n) is 10.9. The highest BCUT2D eigenvalue weighted by Gasteiger charge is 2.23. The van der Waals surface area contributed by atoms with E-state index in [2.05, 4.69) is 27.8 Å². The van der Waals surface area contributed by atoms with Gasteiger partial charge in [0.1, 0.15) is 0 Å². The highest BCUT2D eigenvalue weighted by Crippen LogP contribution is 2.26. The normalized spacial score (nSPS) is 26.8. The minimum Gasteiger partial charge on any atom is -0.406 e. The average molecular weight is 238 g/mol. The second kappa shape index (κ2) is 5.49. The Morgan fingerprint density at radius 3 is 2.76 bits per heavy atom. The van der Waals surface area contributed by atoms with Gasteiger partial charge in [0.05, 0.1) is 6.04 Å². The highest BCUT2D eigenvalue weighted by molar-refractivity contribution is 5.20. The van der Waals surface area contributed by atoms with Crippen LogP contribution in [0.15, 0.2) is 4.42 Å². The van der Waals surface area contributed by atoms with Crippen molar-refractivity contribution in [1.82, 2.24) is 15.5 Å². The molecule has 1 aromatic heterocycles. The second-order valence-corrected chi connectivity index (χ2v) is 4.97. The molecule has 1 fully saturated rings. The molecule has 96 valence electrons. The van der Waals surface area contributed by atoms with Crippen LogP contribution in [0.3, 0.4) is 0 Å². The van der Waals surface area contributed by atoms with Crippen LogP contribution in [0.4, 0.5) is 6.01 Å². The van der Waals surface area contributed by atoms with E-state index in [1.54, 1.807) is 0 Å². The molecule has 0 bridgehead atoms. The van der Waals surface area contributed by atoms with Crippen molar-refractivity contribution in [2.75, 3.05) is 12.4 Å². The quantitative estimate of drug-likeness (QED) is 0.843. The standard InChI is InChI=1S/C12H22N4O/c1-8-6-4-5-7-10(8)14-12-16-15-11(17-12)9(2)13-3/h8-10,13H,4-7H2,1-3H3,(H,14,16). The maximum Gasteiger partial charge on any atom is 0.315 e. The lowest BCUT2D eigenvalue weighted by Gasteiger charge is -2.28. The van der Waals surface area contributed by atoms with Crippen molar-refractivity contribution in [1.29, 1.82) is 0 Å². The van der Waals surface area contributed by atoms with Gasteiger partial charge in [-0.15, -0.1) is 5.10 Å². The van der Waals surface area contributed by atoms with Crippen molar-refractivity contribution in [3.8, 4) is 0 Å². The molecule has 1 heterocycles. The summed E-state index contributed by atoms with van der Waals surface area (Å²) in [5.74, 6) is 1.32.